The molecule has 0 saturated carbocycles. The number of carbonyl (C=O) groups is 1. The first-order valence-corrected chi connectivity index (χ1v) is 9.21. The Morgan fingerprint density at radius 1 is 1.30 bits per heavy atom. The second kappa shape index (κ2) is 7.28. The molecule has 1 N–H and O–H groups in total. The van der Waals surface area contributed by atoms with Gasteiger partial charge in [-0.2, -0.15) is 4.98 Å². The van der Waals surface area contributed by atoms with Gasteiger partial charge in [-0.1, -0.05) is 11.2 Å². The van der Waals surface area contributed by atoms with Gasteiger partial charge in [0, 0.05) is 19.2 Å². The highest BCUT2D eigenvalue weighted by Crippen LogP contribution is 2.32. The Balaban J connectivity index is 1.36. The molecule has 1 aliphatic rings. The topological polar surface area (TPSA) is 89.7 Å². The largest absolute Gasteiger partial charge is 0.497 e. The van der Waals surface area contributed by atoms with E-state index in [4.69, 9.17) is 14.0 Å². The molecule has 9 heteroatoms. The standard InChI is InChI=1S/C18H18N4O4S/c1-24-12-5-6-13(14(8-12)25-2)19-18(23)22-9-11(10-22)17-20-16(21-26-17)15-4-3-7-27-15/h3-8,11H,9-10H2,1-2H3,(H,19,23). The van der Waals surface area contributed by atoms with Crippen LogP contribution < -0.4 is 14.8 Å². The van der Waals surface area contributed by atoms with E-state index in [1.54, 1.807) is 48.7 Å². The summed E-state index contributed by atoms with van der Waals surface area (Å²) in [5, 5.41) is 8.84. The van der Waals surface area contributed by atoms with Gasteiger partial charge in [0.15, 0.2) is 0 Å². The second-order valence-electron chi connectivity index (χ2n) is 6.03. The summed E-state index contributed by atoms with van der Waals surface area (Å²) in [7, 11) is 3.12. The highest BCUT2D eigenvalue weighted by molar-refractivity contribution is 7.13. The molecule has 0 atom stereocenters. The molecule has 1 fully saturated rings. The van der Waals surface area contributed by atoms with Crippen LogP contribution in [-0.4, -0.2) is 48.4 Å². The molecule has 4 rings (SSSR count). The number of benzene rings is 1. The predicted molar refractivity (Wildman–Crippen MR) is 100 cm³/mol. The molecule has 0 spiro atoms. The lowest BCUT2D eigenvalue weighted by atomic mass is 10.0. The molecule has 1 saturated heterocycles. The minimum Gasteiger partial charge on any atom is -0.497 e. The van der Waals surface area contributed by atoms with E-state index in [0.717, 1.165) is 4.88 Å². The van der Waals surface area contributed by atoms with Gasteiger partial charge < -0.3 is 24.2 Å². The third-order valence-electron chi connectivity index (χ3n) is 4.35. The maximum absolute atomic E-state index is 12.4. The highest BCUT2D eigenvalue weighted by Gasteiger charge is 2.36. The molecule has 8 nitrogen and oxygen atoms in total. The molecule has 0 aliphatic carbocycles. The number of anilines is 1. The third kappa shape index (κ3) is 3.45. The van der Waals surface area contributed by atoms with Gasteiger partial charge in [0.2, 0.25) is 11.7 Å². The normalized spacial score (nSPS) is 13.9. The summed E-state index contributed by atoms with van der Waals surface area (Å²) in [6, 6.07) is 8.92. The van der Waals surface area contributed by atoms with Crippen molar-refractivity contribution in [3.8, 4) is 22.2 Å². The van der Waals surface area contributed by atoms with Crippen molar-refractivity contribution in [1.82, 2.24) is 15.0 Å². The minimum absolute atomic E-state index is 0.0507. The average molecular weight is 386 g/mol. The van der Waals surface area contributed by atoms with Gasteiger partial charge in [0.25, 0.3) is 0 Å². The quantitative estimate of drug-likeness (QED) is 0.722. The Morgan fingerprint density at radius 3 is 2.85 bits per heavy atom. The number of carbonyl (C=O) groups excluding carboxylic acids is 1. The van der Waals surface area contributed by atoms with E-state index in [0.29, 0.717) is 42.0 Å². The van der Waals surface area contributed by atoms with Gasteiger partial charge in [-0.05, 0) is 23.6 Å². The van der Waals surface area contributed by atoms with Crippen molar-refractivity contribution in [2.45, 2.75) is 5.92 Å². The van der Waals surface area contributed by atoms with Crippen molar-refractivity contribution in [3.05, 3.63) is 41.6 Å². The first-order chi connectivity index (χ1) is 13.2. The van der Waals surface area contributed by atoms with Crippen LogP contribution in [0, 0.1) is 0 Å². The number of amides is 2. The van der Waals surface area contributed by atoms with Gasteiger partial charge in [-0.15, -0.1) is 11.3 Å². The molecule has 2 aromatic heterocycles. The van der Waals surface area contributed by atoms with Crippen molar-refractivity contribution in [2.24, 2.45) is 0 Å². The maximum atomic E-state index is 12.4. The summed E-state index contributed by atoms with van der Waals surface area (Å²) in [5.74, 6) is 2.40. The molecule has 27 heavy (non-hydrogen) atoms. The summed E-state index contributed by atoms with van der Waals surface area (Å²) < 4.78 is 15.8. The number of nitrogens with zero attached hydrogens (tertiary/aromatic N) is 3. The zero-order valence-corrected chi connectivity index (χ0v) is 15.7. The number of thiophene rings is 1. The zero-order chi connectivity index (χ0) is 18.8. The average Bonchev–Trinajstić information content (AvgIpc) is 3.32. The van der Waals surface area contributed by atoms with E-state index < -0.39 is 0 Å². The fourth-order valence-electron chi connectivity index (χ4n) is 2.80. The van der Waals surface area contributed by atoms with Crippen LogP contribution in [0.2, 0.25) is 0 Å². The van der Waals surface area contributed by atoms with Crippen LogP contribution in [0.5, 0.6) is 11.5 Å². The molecule has 2 amide bonds. The van der Waals surface area contributed by atoms with Crippen LogP contribution in [0.4, 0.5) is 10.5 Å². The zero-order valence-electron chi connectivity index (χ0n) is 14.8. The summed E-state index contributed by atoms with van der Waals surface area (Å²) >= 11 is 1.56. The molecule has 140 valence electrons. The lowest BCUT2D eigenvalue weighted by Crippen LogP contribution is -2.50. The van der Waals surface area contributed by atoms with Gasteiger partial charge in [0.05, 0.1) is 30.7 Å². The number of hydrogen-bond acceptors (Lipinski definition) is 7. The van der Waals surface area contributed by atoms with E-state index in [9.17, 15) is 4.79 Å². The van der Waals surface area contributed by atoms with Crippen molar-refractivity contribution in [2.75, 3.05) is 32.6 Å². The lowest BCUT2D eigenvalue weighted by molar-refractivity contribution is 0.147. The monoisotopic (exact) mass is 386 g/mol. The highest BCUT2D eigenvalue weighted by atomic mass is 32.1. The van der Waals surface area contributed by atoms with Gasteiger partial charge >= 0.3 is 6.03 Å². The molecule has 1 aliphatic heterocycles. The predicted octanol–water partition coefficient (Wildman–Crippen LogP) is 3.45. The number of rotatable bonds is 5. The summed E-state index contributed by atoms with van der Waals surface area (Å²) in [4.78, 5) is 19.5. The van der Waals surface area contributed by atoms with Crippen LogP contribution in [0.3, 0.4) is 0 Å². The Hall–Kier alpha value is -3.07. The first-order valence-electron chi connectivity index (χ1n) is 8.33. The molecule has 0 radical (unpaired) electrons. The van der Waals surface area contributed by atoms with Crippen LogP contribution in [0.15, 0.2) is 40.2 Å². The smallest absolute Gasteiger partial charge is 0.321 e. The maximum Gasteiger partial charge on any atom is 0.321 e. The third-order valence-corrected chi connectivity index (χ3v) is 5.22. The van der Waals surface area contributed by atoms with E-state index in [2.05, 4.69) is 15.5 Å². The number of nitrogens with one attached hydrogen (secondary N) is 1. The number of hydrogen-bond donors (Lipinski definition) is 1. The van der Waals surface area contributed by atoms with Crippen LogP contribution in [-0.2, 0) is 0 Å². The molecule has 1 aromatic carbocycles. The van der Waals surface area contributed by atoms with Gasteiger partial charge in [-0.3, -0.25) is 0 Å². The number of urea groups is 1. The molecule has 0 bridgehead atoms. The van der Waals surface area contributed by atoms with E-state index in [1.807, 2.05) is 17.5 Å². The Kier molecular flexibility index (Phi) is 4.68. The number of methoxy groups -OCH3 is 2. The van der Waals surface area contributed by atoms with Gasteiger partial charge in [-0.25, -0.2) is 4.79 Å². The fourth-order valence-corrected chi connectivity index (χ4v) is 3.45. The van der Waals surface area contributed by atoms with Crippen LogP contribution >= 0.6 is 11.3 Å². The Bertz CT molecular complexity index is 935. The Labute approximate surface area is 159 Å². The molecular weight excluding hydrogens is 368 g/mol. The van der Waals surface area contributed by atoms with Crippen molar-refractivity contribution < 1.29 is 18.8 Å². The van der Waals surface area contributed by atoms with Crippen molar-refractivity contribution in [1.29, 1.82) is 0 Å². The van der Waals surface area contributed by atoms with E-state index >= 15 is 0 Å². The summed E-state index contributed by atoms with van der Waals surface area (Å²) in [6.45, 7) is 1.05. The fraction of sp³-hybridized carbons (Fsp3) is 0.278. The SMILES string of the molecule is COc1ccc(NC(=O)N2CC(c3nc(-c4cccs4)no3)C2)c(OC)c1. The second-order valence-corrected chi connectivity index (χ2v) is 6.98. The molecule has 3 heterocycles. The van der Waals surface area contributed by atoms with E-state index in [1.165, 1.54) is 0 Å². The van der Waals surface area contributed by atoms with Crippen LogP contribution in [0.25, 0.3) is 10.7 Å². The summed E-state index contributed by atoms with van der Waals surface area (Å²) in [5.41, 5.74) is 0.588. The number of aromatic nitrogens is 2. The van der Waals surface area contributed by atoms with Crippen molar-refractivity contribution in [3.63, 3.8) is 0 Å². The number of likely N-dealkylation sites (tertiary alicyclic amines) is 1. The van der Waals surface area contributed by atoms with Crippen molar-refractivity contribution >= 4 is 23.1 Å². The number of ether oxygens (including phenoxy) is 2. The first kappa shape index (κ1) is 17.3. The van der Waals surface area contributed by atoms with Crippen LogP contribution in [0.1, 0.15) is 11.8 Å². The molecular formula is C18H18N4O4S. The summed E-state index contributed by atoms with van der Waals surface area (Å²) in [6.07, 6.45) is 0. The Morgan fingerprint density at radius 2 is 2.15 bits per heavy atom. The lowest BCUT2D eigenvalue weighted by Gasteiger charge is -2.36. The molecule has 0 unspecified atom stereocenters. The molecule has 3 aromatic rings. The minimum atomic E-state index is -0.201. The van der Waals surface area contributed by atoms with Gasteiger partial charge in [0.1, 0.15) is 11.5 Å². The van der Waals surface area contributed by atoms with E-state index in [-0.39, 0.29) is 11.9 Å².